The van der Waals surface area contributed by atoms with Crippen molar-refractivity contribution >= 4 is 5.97 Å². The molecule has 0 amide bonds. The molecule has 3 heterocycles. The number of ether oxygens (including phenoxy) is 3. The van der Waals surface area contributed by atoms with Crippen LogP contribution in [-0.2, 0) is 19.0 Å². The molecule has 2 bridgehead atoms. The summed E-state index contributed by atoms with van der Waals surface area (Å²) in [5.41, 5.74) is -1.86. The van der Waals surface area contributed by atoms with Gasteiger partial charge >= 0.3 is 5.97 Å². The van der Waals surface area contributed by atoms with Gasteiger partial charge in [0.1, 0.15) is 6.10 Å². The number of carbonyl (C=O) groups is 1. The fourth-order valence-electron chi connectivity index (χ4n) is 5.31. The van der Waals surface area contributed by atoms with Gasteiger partial charge in [0, 0.05) is 11.3 Å². The summed E-state index contributed by atoms with van der Waals surface area (Å²) in [6.07, 6.45) is 0.180. The van der Waals surface area contributed by atoms with Crippen molar-refractivity contribution in [3.05, 3.63) is 0 Å². The summed E-state index contributed by atoms with van der Waals surface area (Å²) in [5, 5.41) is 10.6. The van der Waals surface area contributed by atoms with E-state index in [2.05, 4.69) is 13.8 Å². The third kappa shape index (κ3) is 1.16. The normalized spacial score (nSPS) is 59.2. The Bertz CT molecular complexity index is 489. The molecule has 3 saturated heterocycles. The lowest BCUT2D eigenvalue weighted by Gasteiger charge is -2.50. The van der Waals surface area contributed by atoms with Crippen LogP contribution >= 0.6 is 0 Å². The third-order valence-electron chi connectivity index (χ3n) is 6.37. The molecule has 0 aromatic heterocycles. The Morgan fingerprint density at radius 3 is 2.60 bits per heavy atom. The summed E-state index contributed by atoms with van der Waals surface area (Å²) in [5.74, 6) is -0.251. The first-order valence-electron chi connectivity index (χ1n) is 7.50. The first kappa shape index (κ1) is 13.0. The lowest BCUT2D eigenvalue weighted by molar-refractivity contribution is -0.213. The second-order valence-corrected chi connectivity index (χ2v) is 7.57. The molecular formula is C15H22O5. The number of aliphatic hydroxyl groups is 1. The predicted octanol–water partition coefficient (Wildman–Crippen LogP) is 1.23. The van der Waals surface area contributed by atoms with Crippen molar-refractivity contribution in [2.45, 2.75) is 70.2 Å². The van der Waals surface area contributed by atoms with E-state index in [4.69, 9.17) is 14.2 Å². The van der Waals surface area contributed by atoms with E-state index in [1.54, 1.807) is 0 Å². The Labute approximate surface area is 118 Å². The molecule has 1 saturated carbocycles. The van der Waals surface area contributed by atoms with Crippen molar-refractivity contribution in [2.24, 2.45) is 17.3 Å². The van der Waals surface area contributed by atoms with Crippen LogP contribution in [0.2, 0.25) is 0 Å². The van der Waals surface area contributed by atoms with E-state index in [-0.39, 0.29) is 23.9 Å². The number of hydrogen-bond acceptors (Lipinski definition) is 5. The zero-order valence-electron chi connectivity index (χ0n) is 12.4. The van der Waals surface area contributed by atoms with Crippen molar-refractivity contribution in [1.29, 1.82) is 0 Å². The van der Waals surface area contributed by atoms with E-state index in [1.165, 1.54) is 0 Å². The van der Waals surface area contributed by atoms with E-state index in [1.807, 2.05) is 13.8 Å². The van der Waals surface area contributed by atoms with E-state index in [0.29, 0.717) is 0 Å². The molecule has 1 aliphatic carbocycles. The maximum absolute atomic E-state index is 12.6. The summed E-state index contributed by atoms with van der Waals surface area (Å²) in [7, 11) is 0. The number of rotatable bonds is 0. The third-order valence-corrected chi connectivity index (χ3v) is 6.37. The molecule has 4 aliphatic rings. The van der Waals surface area contributed by atoms with Crippen molar-refractivity contribution in [3.8, 4) is 0 Å². The van der Waals surface area contributed by atoms with Gasteiger partial charge in [-0.05, 0) is 32.6 Å². The zero-order valence-corrected chi connectivity index (χ0v) is 12.4. The maximum atomic E-state index is 12.6. The van der Waals surface area contributed by atoms with Crippen LogP contribution in [-0.4, -0.2) is 40.8 Å². The Morgan fingerprint density at radius 1 is 1.20 bits per heavy atom. The molecule has 3 aliphatic heterocycles. The molecule has 112 valence electrons. The summed E-state index contributed by atoms with van der Waals surface area (Å²) < 4.78 is 17.1. The van der Waals surface area contributed by atoms with Gasteiger partial charge in [0.05, 0.1) is 11.7 Å². The quantitative estimate of drug-likeness (QED) is 0.534. The molecule has 0 unspecified atom stereocenters. The minimum Gasteiger partial charge on any atom is -0.431 e. The second-order valence-electron chi connectivity index (χ2n) is 7.57. The summed E-state index contributed by atoms with van der Waals surface area (Å²) in [4.78, 5) is 12.6. The van der Waals surface area contributed by atoms with Crippen molar-refractivity contribution in [1.82, 2.24) is 0 Å². The minimum absolute atomic E-state index is 0.0569. The molecular weight excluding hydrogens is 260 g/mol. The first-order chi connectivity index (χ1) is 9.25. The molecule has 1 spiro atoms. The molecule has 5 nitrogen and oxygen atoms in total. The number of hydrogen-bond donors (Lipinski definition) is 1. The van der Waals surface area contributed by atoms with Crippen LogP contribution in [0, 0.1) is 17.3 Å². The number of carbonyl (C=O) groups excluding carboxylic acids is 1. The smallest absolute Gasteiger partial charge is 0.344 e. The molecule has 5 heteroatoms. The van der Waals surface area contributed by atoms with Crippen molar-refractivity contribution in [2.75, 3.05) is 0 Å². The average molecular weight is 282 g/mol. The van der Waals surface area contributed by atoms with E-state index < -0.39 is 29.0 Å². The van der Waals surface area contributed by atoms with Gasteiger partial charge in [0.15, 0.2) is 5.60 Å². The Morgan fingerprint density at radius 2 is 1.90 bits per heavy atom. The highest BCUT2D eigenvalue weighted by Gasteiger charge is 2.82. The van der Waals surface area contributed by atoms with E-state index in [9.17, 15) is 9.90 Å². The Hall–Kier alpha value is -0.650. The van der Waals surface area contributed by atoms with Gasteiger partial charge < -0.3 is 19.3 Å². The van der Waals surface area contributed by atoms with E-state index in [0.717, 1.165) is 12.8 Å². The summed E-state index contributed by atoms with van der Waals surface area (Å²) in [6, 6.07) is 0. The predicted molar refractivity (Wildman–Crippen MR) is 68.6 cm³/mol. The van der Waals surface area contributed by atoms with Crippen LogP contribution in [0.25, 0.3) is 0 Å². The van der Waals surface area contributed by atoms with Crippen LogP contribution < -0.4 is 0 Å². The molecule has 20 heavy (non-hydrogen) atoms. The van der Waals surface area contributed by atoms with Crippen LogP contribution in [0.1, 0.15) is 40.5 Å². The lowest BCUT2D eigenvalue weighted by atomic mass is 9.52. The highest BCUT2D eigenvalue weighted by molar-refractivity contribution is 5.86. The number of epoxide rings is 1. The van der Waals surface area contributed by atoms with Crippen LogP contribution in [0.4, 0.5) is 0 Å². The topological polar surface area (TPSA) is 68.3 Å². The minimum atomic E-state index is -0.869. The van der Waals surface area contributed by atoms with Gasteiger partial charge in [-0.15, -0.1) is 0 Å². The van der Waals surface area contributed by atoms with Crippen molar-refractivity contribution < 1.29 is 24.1 Å². The fourth-order valence-corrected chi connectivity index (χ4v) is 5.31. The summed E-state index contributed by atoms with van der Waals surface area (Å²) in [6.45, 7) is 8.16. The maximum Gasteiger partial charge on any atom is 0.344 e. The van der Waals surface area contributed by atoms with Gasteiger partial charge in [-0.25, -0.2) is 4.79 Å². The first-order valence-corrected chi connectivity index (χ1v) is 7.50. The molecule has 7 atom stereocenters. The molecule has 0 aromatic carbocycles. The Balaban J connectivity index is 1.92. The van der Waals surface area contributed by atoms with Crippen LogP contribution in [0.5, 0.6) is 0 Å². The van der Waals surface area contributed by atoms with Gasteiger partial charge in [-0.1, -0.05) is 13.8 Å². The van der Waals surface area contributed by atoms with Gasteiger partial charge in [-0.2, -0.15) is 0 Å². The van der Waals surface area contributed by atoms with Gasteiger partial charge in [-0.3, -0.25) is 0 Å². The largest absolute Gasteiger partial charge is 0.431 e. The molecule has 0 radical (unpaired) electrons. The molecule has 4 rings (SSSR count). The zero-order chi connectivity index (χ0) is 14.5. The van der Waals surface area contributed by atoms with E-state index >= 15 is 0 Å². The highest BCUT2D eigenvalue weighted by atomic mass is 16.7. The standard InChI is InChI=1S/C15H22O5/c1-7-5-6-8-15(19-8)12(17)18-11-9(16)10(14(7,15)4)13(2,3)20-11/h7-11,16H,5-6H2,1-4H3/t7-,8+,9-,10+,11-,14-,15+/m0/s1. The average Bonchev–Trinajstić information content (AvgIpc) is 3.04. The number of fused-ring (bicyclic) bond motifs is 3. The monoisotopic (exact) mass is 282 g/mol. The lowest BCUT2D eigenvalue weighted by Crippen LogP contribution is -2.60. The number of esters is 1. The number of aliphatic hydroxyl groups excluding tert-OH is 1. The molecule has 0 aromatic rings. The Kier molecular flexibility index (Phi) is 2.21. The van der Waals surface area contributed by atoms with Crippen LogP contribution in [0.3, 0.4) is 0 Å². The summed E-state index contributed by atoms with van der Waals surface area (Å²) >= 11 is 0. The SMILES string of the molecule is C[C@H]1CC[C@H]2O[C@@]23C(=O)O[C@H]2OC(C)(C)[C@@H]([C@@H]2O)[C@]13C. The van der Waals surface area contributed by atoms with Gasteiger partial charge in [0.25, 0.3) is 0 Å². The van der Waals surface area contributed by atoms with Gasteiger partial charge in [0.2, 0.25) is 6.29 Å². The van der Waals surface area contributed by atoms with Crippen molar-refractivity contribution in [3.63, 3.8) is 0 Å². The second kappa shape index (κ2) is 3.39. The molecule has 4 fully saturated rings. The highest BCUT2D eigenvalue weighted by Crippen LogP contribution is 2.69. The van der Waals surface area contributed by atoms with Crippen LogP contribution in [0.15, 0.2) is 0 Å². The molecule has 1 N–H and O–H groups in total. The fraction of sp³-hybridized carbons (Fsp3) is 0.933.